The molecule has 0 aliphatic carbocycles. The molecule has 43 heavy (non-hydrogen) atoms. The molecule has 1 heterocycles. The third kappa shape index (κ3) is 7.05. The maximum Gasteiger partial charge on any atom is 0.258 e. The highest BCUT2D eigenvalue weighted by atomic mass is 79.9. The number of benzene rings is 4. The molecule has 1 aliphatic rings. The van der Waals surface area contributed by atoms with E-state index in [1.165, 1.54) is 18.2 Å². The number of anilines is 2. The minimum Gasteiger partial charge on any atom is -0.497 e. The van der Waals surface area contributed by atoms with Crippen LogP contribution < -0.4 is 15.0 Å². The number of nitrogens with one attached hydrogen (secondary N) is 1. The molecule has 0 saturated carbocycles. The number of halogens is 3. The van der Waals surface area contributed by atoms with E-state index in [-0.39, 0.29) is 22.4 Å². The summed E-state index contributed by atoms with van der Waals surface area (Å²) in [6.45, 7) is -0.141. The minimum atomic E-state index is -4.10. The number of sulfonamides is 1. The van der Waals surface area contributed by atoms with Crippen molar-refractivity contribution in [3.63, 3.8) is 0 Å². The van der Waals surface area contributed by atoms with E-state index in [0.717, 1.165) is 9.87 Å². The summed E-state index contributed by atoms with van der Waals surface area (Å²) in [6, 6.07) is 23.1. The summed E-state index contributed by atoms with van der Waals surface area (Å²) in [7, 11) is -2.54. The molecule has 222 valence electrons. The summed E-state index contributed by atoms with van der Waals surface area (Å²) < 4.78 is 34.3. The van der Waals surface area contributed by atoms with Crippen LogP contribution in [0.1, 0.15) is 21.5 Å². The monoisotopic (exact) mass is 701 g/mol. The van der Waals surface area contributed by atoms with Gasteiger partial charge in [-0.05, 0) is 90.3 Å². The van der Waals surface area contributed by atoms with Crippen LogP contribution in [-0.4, -0.2) is 44.7 Å². The fourth-order valence-corrected chi connectivity index (χ4v) is 6.85. The lowest BCUT2D eigenvalue weighted by Gasteiger charge is -2.23. The Bertz CT molecular complexity index is 1780. The number of methoxy groups -OCH3 is 1. The fraction of sp³-hybridized carbons (Fsp3) is 0.161. The lowest BCUT2D eigenvalue weighted by molar-refractivity contribution is -0.116. The smallest absolute Gasteiger partial charge is 0.258 e. The van der Waals surface area contributed by atoms with E-state index in [1.807, 2.05) is 6.07 Å². The zero-order valence-corrected chi connectivity index (χ0v) is 26.8. The lowest BCUT2D eigenvalue weighted by Crippen LogP contribution is -2.37. The van der Waals surface area contributed by atoms with Gasteiger partial charge in [0, 0.05) is 44.5 Å². The van der Waals surface area contributed by atoms with Crippen molar-refractivity contribution in [3.05, 3.63) is 116 Å². The highest BCUT2D eigenvalue weighted by Crippen LogP contribution is 2.33. The Kier molecular flexibility index (Phi) is 9.43. The molecule has 4 aromatic rings. The van der Waals surface area contributed by atoms with E-state index in [1.54, 1.807) is 72.7 Å². The summed E-state index contributed by atoms with van der Waals surface area (Å²) in [5, 5.41) is 3.49. The van der Waals surface area contributed by atoms with Gasteiger partial charge in [0.2, 0.25) is 15.9 Å². The molecule has 0 atom stereocenters. The van der Waals surface area contributed by atoms with Gasteiger partial charge in [0.25, 0.3) is 5.91 Å². The molecule has 8 nitrogen and oxygen atoms in total. The van der Waals surface area contributed by atoms with Gasteiger partial charge in [-0.15, -0.1) is 0 Å². The van der Waals surface area contributed by atoms with Crippen LogP contribution in [0.2, 0.25) is 10.0 Å². The van der Waals surface area contributed by atoms with Crippen LogP contribution in [-0.2, 0) is 27.8 Å². The Morgan fingerprint density at radius 3 is 2.37 bits per heavy atom. The quantitative estimate of drug-likeness (QED) is 0.207. The van der Waals surface area contributed by atoms with Crippen molar-refractivity contribution in [2.75, 3.05) is 30.4 Å². The Morgan fingerprint density at radius 2 is 1.70 bits per heavy atom. The highest BCUT2D eigenvalue weighted by molar-refractivity contribution is 9.10. The zero-order chi connectivity index (χ0) is 30.7. The highest BCUT2D eigenvalue weighted by Gasteiger charge is 2.29. The maximum absolute atomic E-state index is 13.7. The third-order valence-electron chi connectivity index (χ3n) is 6.98. The summed E-state index contributed by atoms with van der Waals surface area (Å²) >= 11 is 15.7. The maximum atomic E-state index is 13.7. The Balaban J connectivity index is 1.37. The molecule has 5 rings (SSSR count). The molecule has 0 bridgehead atoms. The second kappa shape index (κ2) is 13.1. The molecule has 0 unspecified atom stereocenters. The molecule has 1 N–H and O–H groups in total. The van der Waals surface area contributed by atoms with E-state index < -0.39 is 22.5 Å². The molecule has 0 saturated heterocycles. The van der Waals surface area contributed by atoms with Gasteiger partial charge in [0.05, 0.1) is 18.6 Å². The van der Waals surface area contributed by atoms with Gasteiger partial charge >= 0.3 is 0 Å². The molecule has 1 aliphatic heterocycles. The number of fused-ring (bicyclic) bond motifs is 1. The average molecular weight is 703 g/mol. The fourth-order valence-electron chi connectivity index (χ4n) is 4.74. The van der Waals surface area contributed by atoms with Crippen LogP contribution in [0, 0.1) is 0 Å². The van der Waals surface area contributed by atoms with Gasteiger partial charge in [-0.3, -0.25) is 9.59 Å². The molecular weight excluding hydrogens is 677 g/mol. The Morgan fingerprint density at radius 1 is 0.977 bits per heavy atom. The van der Waals surface area contributed by atoms with Crippen molar-refractivity contribution in [2.24, 2.45) is 0 Å². The minimum absolute atomic E-state index is 0.0267. The summed E-state index contributed by atoms with van der Waals surface area (Å²) in [5.74, 6) is -0.0777. The van der Waals surface area contributed by atoms with E-state index in [9.17, 15) is 18.0 Å². The molecular formula is C31H26BrCl2N3O5S. The predicted octanol–water partition coefficient (Wildman–Crippen LogP) is 6.80. The van der Waals surface area contributed by atoms with Crippen LogP contribution in [0.5, 0.6) is 5.75 Å². The SMILES string of the molecule is COc1ccc(C(=O)N2CCc3ccc(NC(=O)CN(Cc4ccc(Cl)cc4Cl)S(=O)(=O)c4ccc(Br)cc4)cc32)cc1. The number of nitrogens with zero attached hydrogens (tertiary/aromatic N) is 2. The topological polar surface area (TPSA) is 96.0 Å². The number of amides is 2. The van der Waals surface area contributed by atoms with Gasteiger partial charge in [0.15, 0.2) is 0 Å². The number of carbonyl (C=O) groups is 2. The lowest BCUT2D eigenvalue weighted by atomic mass is 10.1. The van der Waals surface area contributed by atoms with E-state index in [2.05, 4.69) is 21.2 Å². The van der Waals surface area contributed by atoms with Crippen LogP contribution in [0.3, 0.4) is 0 Å². The molecule has 0 spiro atoms. The van der Waals surface area contributed by atoms with E-state index in [0.29, 0.717) is 50.7 Å². The van der Waals surface area contributed by atoms with Crippen molar-refractivity contribution in [1.29, 1.82) is 0 Å². The summed E-state index contributed by atoms with van der Waals surface area (Å²) in [6.07, 6.45) is 0.673. The largest absolute Gasteiger partial charge is 0.497 e. The molecule has 0 fully saturated rings. The first-order chi connectivity index (χ1) is 20.5. The predicted molar refractivity (Wildman–Crippen MR) is 172 cm³/mol. The van der Waals surface area contributed by atoms with Crippen molar-refractivity contribution < 1.29 is 22.7 Å². The summed E-state index contributed by atoms with van der Waals surface area (Å²) in [5.41, 5.74) is 3.09. The average Bonchev–Trinajstić information content (AvgIpc) is 3.41. The Hall–Kier alpha value is -3.41. The van der Waals surface area contributed by atoms with Crippen LogP contribution in [0.15, 0.2) is 94.3 Å². The van der Waals surface area contributed by atoms with Crippen molar-refractivity contribution in [2.45, 2.75) is 17.9 Å². The van der Waals surface area contributed by atoms with Crippen LogP contribution >= 0.6 is 39.1 Å². The van der Waals surface area contributed by atoms with Gasteiger partial charge in [0.1, 0.15) is 5.75 Å². The summed E-state index contributed by atoms with van der Waals surface area (Å²) in [4.78, 5) is 28.3. The molecule has 12 heteroatoms. The first kappa shape index (κ1) is 31.0. The third-order valence-corrected chi connectivity index (χ3v) is 9.90. The molecule has 0 aromatic heterocycles. The van der Waals surface area contributed by atoms with Gasteiger partial charge in [-0.1, -0.05) is 51.3 Å². The zero-order valence-electron chi connectivity index (χ0n) is 22.9. The van der Waals surface area contributed by atoms with Gasteiger partial charge in [-0.2, -0.15) is 4.31 Å². The number of carbonyl (C=O) groups excluding carboxylic acids is 2. The second-order valence-electron chi connectivity index (χ2n) is 9.79. The number of hydrogen-bond acceptors (Lipinski definition) is 5. The molecule has 2 amide bonds. The molecule has 4 aromatic carbocycles. The number of ether oxygens (including phenoxy) is 1. The first-order valence-electron chi connectivity index (χ1n) is 13.1. The molecule has 0 radical (unpaired) electrons. The van der Waals surface area contributed by atoms with Crippen molar-refractivity contribution in [3.8, 4) is 5.75 Å². The normalized spacial score (nSPS) is 12.7. The number of hydrogen-bond donors (Lipinski definition) is 1. The van der Waals surface area contributed by atoms with Crippen LogP contribution in [0.25, 0.3) is 0 Å². The second-order valence-corrected chi connectivity index (χ2v) is 13.5. The number of rotatable bonds is 9. The van der Waals surface area contributed by atoms with Gasteiger partial charge < -0.3 is 15.0 Å². The first-order valence-corrected chi connectivity index (χ1v) is 16.1. The Labute approximate surface area is 268 Å². The van der Waals surface area contributed by atoms with Gasteiger partial charge in [-0.25, -0.2) is 8.42 Å². The van der Waals surface area contributed by atoms with Crippen molar-refractivity contribution >= 4 is 72.3 Å². The van der Waals surface area contributed by atoms with E-state index in [4.69, 9.17) is 27.9 Å². The standard InChI is InChI=1S/C31H26BrCl2N3O5S/c1-42-26-10-4-21(5-11-26)31(39)37-15-14-20-3-9-25(17-29(20)37)35-30(38)19-36(18-22-2-8-24(33)16-28(22)34)43(40,41)27-12-6-23(32)7-13-27/h2-13,16-17H,14-15,18-19H2,1H3,(H,35,38). The van der Waals surface area contributed by atoms with Crippen molar-refractivity contribution in [1.82, 2.24) is 4.31 Å². The van der Waals surface area contributed by atoms with Crippen LogP contribution in [0.4, 0.5) is 11.4 Å². The van der Waals surface area contributed by atoms with E-state index >= 15 is 0 Å².